The van der Waals surface area contributed by atoms with Crippen molar-refractivity contribution in [3.63, 3.8) is 0 Å². The Kier molecular flexibility index (Phi) is 3.48. The van der Waals surface area contributed by atoms with Crippen LogP contribution in [0.5, 0.6) is 0 Å². The SMILES string of the molecule is CC1c2ccsc2CCN1c1ccc(F)cc1C(N)=S. The molecule has 104 valence electrons. The monoisotopic (exact) mass is 306 g/mol. The molecule has 1 aromatic carbocycles. The summed E-state index contributed by atoms with van der Waals surface area (Å²) in [6.45, 7) is 3.06. The summed E-state index contributed by atoms with van der Waals surface area (Å²) in [7, 11) is 0. The molecule has 2 nitrogen and oxygen atoms in total. The molecule has 20 heavy (non-hydrogen) atoms. The third-order valence-corrected chi connectivity index (χ3v) is 5.03. The molecule has 0 amide bonds. The number of thiocarbonyl (C=S) groups is 1. The summed E-state index contributed by atoms with van der Waals surface area (Å²) in [5.74, 6) is -0.308. The first kappa shape index (κ1) is 13.5. The summed E-state index contributed by atoms with van der Waals surface area (Å²) in [6.07, 6.45) is 1.01. The molecular formula is C15H15FN2S2. The van der Waals surface area contributed by atoms with Crippen molar-refractivity contribution in [3.8, 4) is 0 Å². The zero-order chi connectivity index (χ0) is 14.3. The second-order valence-electron chi connectivity index (χ2n) is 4.94. The zero-order valence-electron chi connectivity index (χ0n) is 11.1. The van der Waals surface area contributed by atoms with Crippen LogP contribution in [0.4, 0.5) is 10.1 Å². The van der Waals surface area contributed by atoms with Gasteiger partial charge in [0.1, 0.15) is 10.8 Å². The van der Waals surface area contributed by atoms with Crippen molar-refractivity contribution in [2.75, 3.05) is 11.4 Å². The highest BCUT2D eigenvalue weighted by molar-refractivity contribution is 7.80. The zero-order valence-corrected chi connectivity index (χ0v) is 12.7. The van der Waals surface area contributed by atoms with E-state index < -0.39 is 0 Å². The number of thiophene rings is 1. The first-order valence-corrected chi connectivity index (χ1v) is 7.79. The molecule has 2 aromatic rings. The fourth-order valence-corrected chi connectivity index (χ4v) is 3.92. The minimum atomic E-state index is -0.308. The van der Waals surface area contributed by atoms with E-state index in [9.17, 15) is 4.39 Å². The Bertz CT molecular complexity index is 666. The van der Waals surface area contributed by atoms with E-state index >= 15 is 0 Å². The van der Waals surface area contributed by atoms with Crippen LogP contribution in [-0.2, 0) is 6.42 Å². The number of fused-ring (bicyclic) bond motifs is 1. The summed E-state index contributed by atoms with van der Waals surface area (Å²) in [5.41, 5.74) is 8.63. The molecule has 0 bridgehead atoms. The van der Waals surface area contributed by atoms with Crippen molar-refractivity contribution < 1.29 is 4.39 Å². The van der Waals surface area contributed by atoms with Crippen LogP contribution < -0.4 is 10.6 Å². The predicted molar refractivity (Wildman–Crippen MR) is 86.1 cm³/mol. The Morgan fingerprint density at radius 3 is 3.00 bits per heavy atom. The van der Waals surface area contributed by atoms with Crippen molar-refractivity contribution in [2.45, 2.75) is 19.4 Å². The fourth-order valence-electron chi connectivity index (χ4n) is 2.79. The fraction of sp³-hybridized carbons (Fsp3) is 0.267. The van der Waals surface area contributed by atoms with Gasteiger partial charge in [-0.2, -0.15) is 0 Å². The maximum Gasteiger partial charge on any atom is 0.124 e. The third-order valence-electron chi connectivity index (χ3n) is 3.81. The van der Waals surface area contributed by atoms with Crippen molar-refractivity contribution >= 4 is 34.2 Å². The van der Waals surface area contributed by atoms with Crippen LogP contribution in [0.3, 0.4) is 0 Å². The Morgan fingerprint density at radius 2 is 2.25 bits per heavy atom. The average Bonchev–Trinajstić information content (AvgIpc) is 2.89. The molecule has 0 fully saturated rings. The van der Waals surface area contributed by atoms with Crippen LogP contribution in [0.2, 0.25) is 0 Å². The minimum Gasteiger partial charge on any atom is -0.389 e. The molecule has 3 rings (SSSR count). The Labute approximate surface area is 127 Å². The number of halogens is 1. The standard InChI is InChI=1S/C15H15FN2S2/c1-9-11-5-7-20-14(11)4-6-18(9)13-3-2-10(16)8-12(13)15(17)19/h2-3,5,7-9H,4,6H2,1H3,(H2,17,19). The van der Waals surface area contributed by atoms with Gasteiger partial charge in [-0.25, -0.2) is 4.39 Å². The van der Waals surface area contributed by atoms with Gasteiger partial charge in [0.2, 0.25) is 0 Å². The topological polar surface area (TPSA) is 29.3 Å². The molecule has 2 heterocycles. The van der Waals surface area contributed by atoms with Gasteiger partial charge < -0.3 is 10.6 Å². The summed E-state index contributed by atoms with van der Waals surface area (Å²) in [6, 6.07) is 7.09. The van der Waals surface area contributed by atoms with Gasteiger partial charge in [-0.3, -0.25) is 0 Å². The molecule has 1 unspecified atom stereocenters. The number of rotatable bonds is 2. The van der Waals surface area contributed by atoms with E-state index in [4.69, 9.17) is 18.0 Å². The van der Waals surface area contributed by atoms with Crippen molar-refractivity contribution in [3.05, 3.63) is 51.5 Å². The number of nitrogens with two attached hydrogens (primary N) is 1. The van der Waals surface area contributed by atoms with Crippen molar-refractivity contribution in [1.82, 2.24) is 0 Å². The number of anilines is 1. The molecule has 0 saturated carbocycles. The molecule has 0 saturated heterocycles. The Balaban J connectivity index is 2.04. The van der Waals surface area contributed by atoms with Gasteiger partial charge in [-0.05, 0) is 48.6 Å². The van der Waals surface area contributed by atoms with Crippen molar-refractivity contribution in [2.24, 2.45) is 5.73 Å². The smallest absolute Gasteiger partial charge is 0.124 e. The third kappa shape index (κ3) is 2.21. The average molecular weight is 306 g/mol. The maximum absolute atomic E-state index is 13.4. The van der Waals surface area contributed by atoms with E-state index in [0.717, 1.165) is 18.7 Å². The van der Waals surface area contributed by atoms with Crippen LogP contribution in [0.15, 0.2) is 29.6 Å². The number of hydrogen-bond donors (Lipinski definition) is 1. The summed E-state index contributed by atoms with van der Waals surface area (Å²) in [5, 5.41) is 2.13. The molecule has 1 aliphatic heterocycles. The number of benzene rings is 1. The quantitative estimate of drug-likeness (QED) is 0.859. The molecule has 1 atom stereocenters. The molecule has 2 N–H and O–H groups in total. The van der Waals surface area contributed by atoms with E-state index in [1.54, 1.807) is 17.4 Å². The lowest BCUT2D eigenvalue weighted by atomic mass is 9.99. The first-order chi connectivity index (χ1) is 9.58. The highest BCUT2D eigenvalue weighted by Gasteiger charge is 2.26. The van der Waals surface area contributed by atoms with Gasteiger partial charge in [-0.1, -0.05) is 12.2 Å². The van der Waals surface area contributed by atoms with Crippen molar-refractivity contribution in [1.29, 1.82) is 0 Å². The van der Waals surface area contributed by atoms with Gasteiger partial charge in [0.15, 0.2) is 0 Å². The molecule has 5 heteroatoms. The van der Waals surface area contributed by atoms with Gasteiger partial charge in [0, 0.05) is 22.7 Å². The molecule has 0 radical (unpaired) electrons. The van der Waals surface area contributed by atoms with Crippen LogP contribution >= 0.6 is 23.6 Å². The highest BCUT2D eigenvalue weighted by Crippen LogP contribution is 2.37. The summed E-state index contributed by atoms with van der Waals surface area (Å²) >= 11 is 6.87. The lowest BCUT2D eigenvalue weighted by molar-refractivity contribution is 0.618. The van der Waals surface area contributed by atoms with Gasteiger partial charge in [0.25, 0.3) is 0 Å². The van der Waals surface area contributed by atoms with Gasteiger partial charge in [-0.15, -0.1) is 11.3 Å². The van der Waals surface area contributed by atoms with Crippen LogP contribution in [-0.4, -0.2) is 11.5 Å². The van der Waals surface area contributed by atoms with Crippen LogP contribution in [0.25, 0.3) is 0 Å². The molecule has 0 spiro atoms. The molecule has 1 aromatic heterocycles. The van der Waals surface area contributed by atoms with E-state index in [-0.39, 0.29) is 16.8 Å². The molecule has 1 aliphatic rings. The number of nitrogens with zero attached hydrogens (tertiary/aromatic N) is 1. The highest BCUT2D eigenvalue weighted by atomic mass is 32.1. The van der Waals surface area contributed by atoms with E-state index in [1.807, 2.05) is 0 Å². The number of hydrogen-bond acceptors (Lipinski definition) is 3. The van der Waals surface area contributed by atoms with Gasteiger partial charge >= 0.3 is 0 Å². The first-order valence-electron chi connectivity index (χ1n) is 6.50. The second kappa shape index (κ2) is 5.14. The minimum absolute atomic E-state index is 0.239. The predicted octanol–water partition coefficient (Wildman–Crippen LogP) is 3.65. The van der Waals surface area contributed by atoms with E-state index in [0.29, 0.717) is 5.56 Å². The normalized spacial score (nSPS) is 17.9. The van der Waals surface area contributed by atoms with E-state index in [2.05, 4.69) is 23.3 Å². The van der Waals surface area contributed by atoms with Gasteiger partial charge in [0.05, 0.1) is 6.04 Å². The lowest BCUT2D eigenvalue weighted by Gasteiger charge is -2.36. The molecular weight excluding hydrogens is 291 g/mol. The summed E-state index contributed by atoms with van der Waals surface area (Å²) < 4.78 is 13.4. The second-order valence-corrected chi connectivity index (χ2v) is 6.38. The largest absolute Gasteiger partial charge is 0.389 e. The van der Waals surface area contributed by atoms with Crippen LogP contribution in [0, 0.1) is 5.82 Å². The Hall–Kier alpha value is -1.46. The molecule has 0 aliphatic carbocycles. The van der Waals surface area contributed by atoms with E-state index in [1.165, 1.54) is 22.6 Å². The maximum atomic E-state index is 13.4. The van der Waals surface area contributed by atoms with Crippen LogP contribution in [0.1, 0.15) is 29.0 Å². The summed E-state index contributed by atoms with van der Waals surface area (Å²) in [4.78, 5) is 3.93. The Morgan fingerprint density at radius 1 is 1.45 bits per heavy atom. The lowest BCUT2D eigenvalue weighted by Crippen LogP contribution is -2.34.